The summed E-state index contributed by atoms with van der Waals surface area (Å²) in [6, 6.07) is 5.71. The van der Waals surface area contributed by atoms with Gasteiger partial charge in [-0.2, -0.15) is 0 Å². The molecule has 0 saturated carbocycles. The largest absolute Gasteiger partial charge is 0.497 e. The van der Waals surface area contributed by atoms with Gasteiger partial charge in [-0.25, -0.2) is 0 Å². The smallest absolute Gasteiger partial charge is 0.176 e. The van der Waals surface area contributed by atoms with Gasteiger partial charge in [-0.05, 0) is 30.5 Å². The molecule has 0 fully saturated rings. The van der Waals surface area contributed by atoms with E-state index < -0.39 is 0 Å². The Hall–Kier alpha value is -0.830. The minimum atomic E-state index is -0.0258. The number of benzene rings is 1. The number of carbonyl (C=O) groups excluding carboxylic acids is 1. The zero-order valence-corrected chi connectivity index (χ0v) is 9.50. The number of hydrogen-bond acceptors (Lipinski definition) is 2. The molecule has 3 heteroatoms. The molecule has 0 unspecified atom stereocenters. The minimum Gasteiger partial charge on any atom is -0.497 e. The Bertz CT molecular complexity index is 374. The van der Waals surface area contributed by atoms with Crippen LogP contribution in [0, 0.1) is 0 Å². The highest BCUT2D eigenvalue weighted by Crippen LogP contribution is 2.28. The Morgan fingerprint density at radius 2 is 2.29 bits per heavy atom. The number of methoxy groups -OCH3 is 1. The van der Waals surface area contributed by atoms with Crippen LogP contribution in [0.4, 0.5) is 0 Å². The molecule has 1 aliphatic rings. The molecule has 2 rings (SSSR count). The number of fused-ring (bicyclic) bond motifs is 1. The third-order valence-electron chi connectivity index (χ3n) is 2.53. The van der Waals surface area contributed by atoms with Crippen molar-refractivity contribution >= 4 is 21.7 Å². The lowest BCUT2D eigenvalue weighted by molar-refractivity contribution is 0.0981. The third-order valence-corrected chi connectivity index (χ3v) is 3.41. The lowest BCUT2D eigenvalue weighted by Gasteiger charge is -2.19. The van der Waals surface area contributed by atoms with Crippen molar-refractivity contribution in [3.05, 3.63) is 29.3 Å². The van der Waals surface area contributed by atoms with Crippen LogP contribution in [0.1, 0.15) is 22.3 Å². The lowest BCUT2D eigenvalue weighted by Crippen LogP contribution is -2.22. The van der Waals surface area contributed by atoms with Gasteiger partial charge in [0.1, 0.15) is 5.75 Å². The molecule has 1 atom stereocenters. The average molecular weight is 255 g/mol. The number of aryl methyl sites for hydroxylation is 1. The number of Topliss-reactive ketones (excluding diaryl/α,β-unsaturated/α-hetero) is 1. The molecule has 0 saturated heterocycles. The van der Waals surface area contributed by atoms with E-state index in [4.69, 9.17) is 4.74 Å². The van der Waals surface area contributed by atoms with Gasteiger partial charge in [0.15, 0.2) is 5.78 Å². The quantitative estimate of drug-likeness (QED) is 0.721. The van der Waals surface area contributed by atoms with Gasteiger partial charge in [0.05, 0.1) is 11.9 Å². The summed E-state index contributed by atoms with van der Waals surface area (Å²) in [7, 11) is 1.61. The van der Waals surface area contributed by atoms with Crippen molar-refractivity contribution in [2.24, 2.45) is 0 Å². The summed E-state index contributed by atoms with van der Waals surface area (Å²) in [5, 5.41) is 0. The number of ether oxygens (including phenoxy) is 1. The summed E-state index contributed by atoms with van der Waals surface area (Å²) < 4.78 is 5.10. The van der Waals surface area contributed by atoms with Gasteiger partial charge in [-0.1, -0.05) is 22.0 Å². The van der Waals surface area contributed by atoms with Crippen LogP contribution in [-0.4, -0.2) is 17.7 Å². The maximum absolute atomic E-state index is 11.8. The maximum Gasteiger partial charge on any atom is 0.176 e. The first-order chi connectivity index (χ1) is 6.72. The molecule has 0 amide bonds. The molecular formula is C11H11BrO2. The second-order valence-electron chi connectivity index (χ2n) is 3.39. The lowest BCUT2D eigenvalue weighted by atomic mass is 9.90. The van der Waals surface area contributed by atoms with Crippen LogP contribution in [0.3, 0.4) is 0 Å². The minimum absolute atomic E-state index is 0.0258. The summed E-state index contributed by atoms with van der Waals surface area (Å²) in [6.07, 6.45) is 1.85. The molecule has 0 spiro atoms. The molecule has 2 nitrogen and oxygen atoms in total. The summed E-state index contributed by atoms with van der Waals surface area (Å²) in [5.41, 5.74) is 1.93. The SMILES string of the molecule is COc1ccc2c(c1)C(=O)[C@@H](Br)CC2. The topological polar surface area (TPSA) is 26.3 Å². The normalized spacial score (nSPS) is 20.4. The fraction of sp³-hybridized carbons (Fsp3) is 0.364. The highest BCUT2D eigenvalue weighted by atomic mass is 79.9. The van der Waals surface area contributed by atoms with Crippen molar-refractivity contribution in [2.75, 3.05) is 7.11 Å². The second-order valence-corrected chi connectivity index (χ2v) is 4.50. The Labute approximate surface area is 91.4 Å². The molecule has 14 heavy (non-hydrogen) atoms. The molecule has 0 aliphatic heterocycles. The van der Waals surface area contributed by atoms with Crippen molar-refractivity contribution in [3.8, 4) is 5.75 Å². The van der Waals surface area contributed by atoms with E-state index in [0.29, 0.717) is 0 Å². The van der Waals surface area contributed by atoms with E-state index in [1.165, 1.54) is 0 Å². The molecule has 1 aliphatic carbocycles. The maximum atomic E-state index is 11.8. The van der Waals surface area contributed by atoms with Gasteiger partial charge >= 0.3 is 0 Å². The van der Waals surface area contributed by atoms with E-state index in [2.05, 4.69) is 15.9 Å². The number of hydrogen-bond donors (Lipinski definition) is 0. The molecule has 1 aromatic carbocycles. The Morgan fingerprint density at radius 3 is 3.00 bits per heavy atom. The van der Waals surface area contributed by atoms with Crippen molar-refractivity contribution in [1.29, 1.82) is 0 Å². The van der Waals surface area contributed by atoms with Crippen LogP contribution in [-0.2, 0) is 6.42 Å². The molecule has 0 radical (unpaired) electrons. The summed E-state index contributed by atoms with van der Waals surface area (Å²) in [4.78, 5) is 11.8. The predicted molar refractivity (Wildman–Crippen MR) is 58.4 cm³/mol. The van der Waals surface area contributed by atoms with Crippen LogP contribution in [0.15, 0.2) is 18.2 Å². The van der Waals surface area contributed by atoms with E-state index in [9.17, 15) is 4.79 Å². The van der Waals surface area contributed by atoms with Gasteiger partial charge < -0.3 is 4.74 Å². The van der Waals surface area contributed by atoms with E-state index in [0.717, 1.165) is 29.7 Å². The second kappa shape index (κ2) is 3.73. The number of carbonyl (C=O) groups is 1. The van der Waals surface area contributed by atoms with Gasteiger partial charge in [0.25, 0.3) is 0 Å². The first kappa shape index (κ1) is 9.71. The molecule has 0 aromatic heterocycles. The molecule has 0 N–H and O–H groups in total. The Balaban J connectivity index is 2.46. The van der Waals surface area contributed by atoms with Gasteiger partial charge in [-0.15, -0.1) is 0 Å². The predicted octanol–water partition coefficient (Wildman–Crippen LogP) is 2.59. The molecule has 0 heterocycles. The van der Waals surface area contributed by atoms with Crippen LogP contribution in [0.25, 0.3) is 0 Å². The van der Waals surface area contributed by atoms with Crippen molar-refractivity contribution in [2.45, 2.75) is 17.7 Å². The molecular weight excluding hydrogens is 244 g/mol. The van der Waals surface area contributed by atoms with E-state index in [-0.39, 0.29) is 10.6 Å². The summed E-state index contributed by atoms with van der Waals surface area (Å²) in [6.45, 7) is 0. The molecule has 0 bridgehead atoms. The van der Waals surface area contributed by atoms with Crippen molar-refractivity contribution in [1.82, 2.24) is 0 Å². The molecule has 1 aromatic rings. The number of rotatable bonds is 1. The average Bonchev–Trinajstić information content (AvgIpc) is 2.23. The highest BCUT2D eigenvalue weighted by molar-refractivity contribution is 9.10. The zero-order chi connectivity index (χ0) is 10.1. The van der Waals surface area contributed by atoms with Crippen LogP contribution >= 0.6 is 15.9 Å². The van der Waals surface area contributed by atoms with Crippen LogP contribution in [0.2, 0.25) is 0 Å². The fourth-order valence-corrected chi connectivity index (χ4v) is 2.19. The summed E-state index contributed by atoms with van der Waals surface area (Å²) >= 11 is 3.38. The van der Waals surface area contributed by atoms with Gasteiger partial charge in [0, 0.05) is 5.56 Å². The first-order valence-corrected chi connectivity index (χ1v) is 5.49. The third kappa shape index (κ3) is 1.57. The number of ketones is 1. The number of alkyl halides is 1. The number of halogens is 1. The standard InChI is InChI=1S/C11H11BrO2/c1-14-8-4-2-7-3-5-10(12)11(13)9(7)6-8/h2,4,6,10H,3,5H2,1H3/t10-/m0/s1. The van der Waals surface area contributed by atoms with Gasteiger partial charge in [0.2, 0.25) is 0 Å². The highest BCUT2D eigenvalue weighted by Gasteiger charge is 2.25. The monoisotopic (exact) mass is 254 g/mol. The van der Waals surface area contributed by atoms with E-state index >= 15 is 0 Å². The van der Waals surface area contributed by atoms with Crippen molar-refractivity contribution in [3.63, 3.8) is 0 Å². The van der Waals surface area contributed by atoms with E-state index in [1.807, 2.05) is 18.2 Å². The Morgan fingerprint density at radius 1 is 1.50 bits per heavy atom. The van der Waals surface area contributed by atoms with Crippen LogP contribution in [0.5, 0.6) is 5.75 Å². The molecule has 74 valence electrons. The van der Waals surface area contributed by atoms with Crippen molar-refractivity contribution < 1.29 is 9.53 Å². The fourth-order valence-electron chi connectivity index (χ4n) is 1.71. The van der Waals surface area contributed by atoms with Gasteiger partial charge in [-0.3, -0.25) is 4.79 Å². The van der Waals surface area contributed by atoms with Crippen LogP contribution < -0.4 is 4.74 Å². The van der Waals surface area contributed by atoms with E-state index in [1.54, 1.807) is 7.11 Å². The Kier molecular flexibility index (Phi) is 2.59. The zero-order valence-electron chi connectivity index (χ0n) is 7.92. The summed E-state index contributed by atoms with van der Waals surface area (Å²) in [5.74, 6) is 0.920. The first-order valence-electron chi connectivity index (χ1n) is 4.57.